The van der Waals surface area contributed by atoms with Crippen molar-refractivity contribution in [2.24, 2.45) is 0 Å². The predicted molar refractivity (Wildman–Crippen MR) is 151 cm³/mol. The Morgan fingerprint density at radius 1 is 0.694 bits per heavy atom. The van der Waals surface area contributed by atoms with Gasteiger partial charge < -0.3 is 4.42 Å². The van der Waals surface area contributed by atoms with Gasteiger partial charge in [-0.1, -0.05) is 136 Å². The first-order valence-electron chi connectivity index (χ1n) is 13.2. The van der Waals surface area contributed by atoms with Gasteiger partial charge >= 0.3 is 0 Å². The third-order valence-electron chi connectivity index (χ3n) is 8.35. The van der Waals surface area contributed by atoms with Gasteiger partial charge in [0, 0.05) is 11.5 Å². The molecule has 0 fully saturated rings. The molecule has 7 rings (SSSR count). The molecule has 1 aromatic heterocycles. The monoisotopic (exact) mass is 464 g/mol. The zero-order valence-corrected chi connectivity index (χ0v) is 21.1. The van der Waals surface area contributed by atoms with Crippen molar-refractivity contribution in [3.63, 3.8) is 0 Å². The molecule has 0 amide bonds. The predicted octanol–water partition coefficient (Wildman–Crippen LogP) is 7.38. The van der Waals surface area contributed by atoms with Gasteiger partial charge in [0.1, 0.15) is 16.9 Å². The van der Waals surface area contributed by atoms with Crippen molar-refractivity contribution in [3.05, 3.63) is 131 Å². The average molecular weight is 464 g/mol. The summed E-state index contributed by atoms with van der Waals surface area (Å²) in [7, 11) is 0. The van der Waals surface area contributed by atoms with Crippen LogP contribution in [0, 0.1) is 0 Å². The largest absolute Gasteiger partial charge is 0.464 e. The highest BCUT2D eigenvalue weighted by Crippen LogP contribution is 2.57. The molecule has 2 heterocycles. The van der Waals surface area contributed by atoms with Gasteiger partial charge in [-0.2, -0.15) is 0 Å². The van der Waals surface area contributed by atoms with Crippen molar-refractivity contribution in [2.45, 2.75) is 38.4 Å². The maximum atomic E-state index is 7.19. The summed E-state index contributed by atoms with van der Waals surface area (Å²) in [6, 6.07) is 37.9. The summed E-state index contributed by atoms with van der Waals surface area (Å²) in [6.45, 7) is 7.12. The van der Waals surface area contributed by atoms with E-state index in [4.69, 9.17) is 4.42 Å². The van der Waals surface area contributed by atoms with Crippen LogP contribution in [0.4, 0.5) is 0 Å². The molecule has 2 aliphatic rings. The van der Waals surface area contributed by atoms with Crippen LogP contribution in [0.25, 0.3) is 22.3 Å². The Morgan fingerprint density at radius 3 is 1.86 bits per heavy atom. The number of furan rings is 1. The van der Waals surface area contributed by atoms with Crippen molar-refractivity contribution in [1.29, 1.82) is 0 Å². The first-order chi connectivity index (χ1) is 17.7. The smallest absolute Gasteiger partial charge is 0.214 e. The minimum absolute atomic E-state index is 0.273. The van der Waals surface area contributed by atoms with Crippen molar-refractivity contribution in [3.8, 4) is 22.3 Å². The Bertz CT molecular complexity index is 1560. The van der Waals surface area contributed by atoms with E-state index < -0.39 is 5.41 Å². The summed E-state index contributed by atoms with van der Waals surface area (Å²) in [5.74, 6) is 2.49. The van der Waals surface area contributed by atoms with Gasteiger partial charge in [0.2, 0.25) is 6.71 Å². The van der Waals surface area contributed by atoms with E-state index in [1.165, 1.54) is 49.9 Å². The molecule has 5 aromatic rings. The second-order valence-electron chi connectivity index (χ2n) is 10.5. The molecule has 0 radical (unpaired) electrons. The lowest BCUT2D eigenvalue weighted by Gasteiger charge is -2.39. The van der Waals surface area contributed by atoms with Crippen molar-refractivity contribution < 1.29 is 4.42 Å². The molecule has 174 valence electrons. The molecule has 1 aliphatic carbocycles. The maximum absolute atomic E-state index is 7.19. The standard InChI is InChI=1S/C34H29BO/c1-4-35-29-21-13-12-20-28(29)34(26-18-10-8-16-24(26)25-17-9-11-19-27(25)34)33-31(35)30(32(36-33)22(2)3)23-14-6-5-7-15-23/h5-22H,4H2,1-3H3. The molecule has 1 nitrogen and oxygen atoms in total. The van der Waals surface area contributed by atoms with E-state index in [1.807, 2.05) is 0 Å². The quantitative estimate of drug-likeness (QED) is 0.249. The van der Waals surface area contributed by atoms with E-state index in [-0.39, 0.29) is 12.6 Å². The molecule has 2 heteroatoms. The fourth-order valence-electron chi connectivity index (χ4n) is 7.00. The van der Waals surface area contributed by atoms with E-state index in [0.717, 1.165) is 17.8 Å². The van der Waals surface area contributed by atoms with Crippen LogP contribution >= 0.6 is 0 Å². The Balaban J connectivity index is 1.71. The Labute approximate surface area is 213 Å². The summed E-state index contributed by atoms with van der Waals surface area (Å²) in [6.07, 6.45) is 1.03. The molecule has 1 aliphatic heterocycles. The van der Waals surface area contributed by atoms with E-state index in [2.05, 4.69) is 124 Å². The Morgan fingerprint density at radius 2 is 1.25 bits per heavy atom. The second-order valence-corrected chi connectivity index (χ2v) is 10.5. The van der Waals surface area contributed by atoms with Crippen LogP contribution in [0.15, 0.2) is 108 Å². The molecule has 0 N–H and O–H groups in total. The van der Waals surface area contributed by atoms with E-state index >= 15 is 0 Å². The van der Waals surface area contributed by atoms with Gasteiger partial charge in [0.15, 0.2) is 0 Å². The van der Waals surface area contributed by atoms with Crippen molar-refractivity contribution in [1.82, 2.24) is 0 Å². The highest BCUT2D eigenvalue weighted by atomic mass is 16.3. The normalized spacial score (nSPS) is 14.5. The van der Waals surface area contributed by atoms with Crippen LogP contribution in [0.3, 0.4) is 0 Å². The second kappa shape index (κ2) is 7.86. The molecular formula is C34H29BO. The van der Waals surface area contributed by atoms with Gasteiger partial charge in [0.25, 0.3) is 0 Å². The third kappa shape index (κ3) is 2.62. The number of benzene rings is 4. The van der Waals surface area contributed by atoms with Gasteiger partial charge in [-0.3, -0.25) is 0 Å². The molecule has 0 saturated heterocycles. The SMILES string of the molecule is CCB1c2ccccc2C2(c3ccccc3-c3ccccc32)c2oc(C(C)C)c(-c3ccccc3)c21. The van der Waals surface area contributed by atoms with Crippen LogP contribution in [-0.4, -0.2) is 6.71 Å². The number of hydrogen-bond acceptors (Lipinski definition) is 1. The molecule has 0 bridgehead atoms. The summed E-state index contributed by atoms with van der Waals surface area (Å²) < 4.78 is 7.19. The van der Waals surface area contributed by atoms with Crippen LogP contribution < -0.4 is 10.9 Å². The molecular weight excluding hydrogens is 435 g/mol. The maximum Gasteiger partial charge on any atom is 0.214 e. The van der Waals surface area contributed by atoms with Gasteiger partial charge in [-0.15, -0.1) is 0 Å². The molecule has 1 spiro atoms. The lowest BCUT2D eigenvalue weighted by Crippen LogP contribution is -2.55. The number of rotatable bonds is 3. The first-order valence-corrected chi connectivity index (χ1v) is 13.2. The van der Waals surface area contributed by atoms with Crippen molar-refractivity contribution in [2.75, 3.05) is 0 Å². The number of hydrogen-bond donors (Lipinski definition) is 0. The summed E-state index contributed by atoms with van der Waals surface area (Å²) in [4.78, 5) is 0. The fourth-order valence-corrected chi connectivity index (χ4v) is 7.00. The van der Waals surface area contributed by atoms with Gasteiger partial charge in [-0.05, 0) is 38.8 Å². The molecule has 0 atom stereocenters. The van der Waals surface area contributed by atoms with Gasteiger partial charge in [-0.25, -0.2) is 0 Å². The highest BCUT2D eigenvalue weighted by Gasteiger charge is 2.55. The highest BCUT2D eigenvalue weighted by molar-refractivity contribution is 6.87. The minimum atomic E-state index is -0.457. The van der Waals surface area contributed by atoms with Crippen LogP contribution in [0.1, 0.15) is 54.9 Å². The summed E-state index contributed by atoms with van der Waals surface area (Å²) in [5.41, 5.74) is 11.5. The summed E-state index contributed by atoms with van der Waals surface area (Å²) in [5, 5.41) is 0. The lowest BCUT2D eigenvalue weighted by atomic mass is 9.32. The van der Waals surface area contributed by atoms with Crippen LogP contribution in [0.5, 0.6) is 0 Å². The topological polar surface area (TPSA) is 13.1 Å². The van der Waals surface area contributed by atoms with E-state index in [0.29, 0.717) is 0 Å². The average Bonchev–Trinajstić information content (AvgIpc) is 3.46. The van der Waals surface area contributed by atoms with Crippen molar-refractivity contribution >= 4 is 17.6 Å². The Kier molecular flexibility index (Phi) is 4.70. The molecule has 4 aromatic carbocycles. The zero-order chi connectivity index (χ0) is 24.4. The molecule has 0 saturated carbocycles. The fraction of sp³-hybridized carbons (Fsp3) is 0.176. The number of fused-ring (bicyclic) bond motifs is 9. The Hall–Kier alpha value is -3.78. The first kappa shape index (κ1) is 21.5. The van der Waals surface area contributed by atoms with E-state index in [9.17, 15) is 0 Å². The lowest BCUT2D eigenvalue weighted by molar-refractivity contribution is 0.420. The van der Waals surface area contributed by atoms with Crippen LogP contribution in [-0.2, 0) is 5.41 Å². The van der Waals surface area contributed by atoms with Crippen LogP contribution in [0.2, 0.25) is 6.32 Å². The summed E-state index contributed by atoms with van der Waals surface area (Å²) >= 11 is 0. The minimum Gasteiger partial charge on any atom is -0.464 e. The third-order valence-corrected chi connectivity index (χ3v) is 8.35. The zero-order valence-electron chi connectivity index (χ0n) is 21.1. The van der Waals surface area contributed by atoms with E-state index in [1.54, 1.807) is 0 Å². The van der Waals surface area contributed by atoms with Gasteiger partial charge in [0.05, 0.1) is 0 Å². The molecule has 36 heavy (non-hydrogen) atoms. The molecule has 0 unspecified atom stereocenters.